The standard InChI is InChI=1S/C14H15FN2O2/c15-12-3-1-2-10-8-11-9-16(5-4-13(18)19)6-7-17(11)14(10)12/h1-3,8H,4-7,9H2,(H,18,19). The predicted molar refractivity (Wildman–Crippen MR) is 69.4 cm³/mol. The minimum atomic E-state index is -0.780. The fraction of sp³-hybridized carbons (Fsp3) is 0.357. The van der Waals surface area contributed by atoms with Crippen molar-refractivity contribution in [1.82, 2.24) is 9.47 Å². The zero-order valence-corrected chi connectivity index (χ0v) is 10.5. The summed E-state index contributed by atoms with van der Waals surface area (Å²) in [6.45, 7) is 2.69. The molecule has 1 aliphatic heterocycles. The van der Waals surface area contributed by atoms with Crippen molar-refractivity contribution in [2.75, 3.05) is 13.1 Å². The molecule has 0 saturated heterocycles. The van der Waals surface area contributed by atoms with Crippen molar-refractivity contribution in [1.29, 1.82) is 0 Å². The van der Waals surface area contributed by atoms with E-state index in [1.807, 2.05) is 16.7 Å². The molecule has 0 aliphatic carbocycles. The van der Waals surface area contributed by atoms with E-state index in [-0.39, 0.29) is 12.2 Å². The molecule has 0 bridgehead atoms. The Bertz CT molecular complexity index is 636. The van der Waals surface area contributed by atoms with Crippen molar-refractivity contribution in [3.05, 3.63) is 35.8 Å². The molecule has 2 heterocycles. The second kappa shape index (κ2) is 4.66. The Labute approximate surface area is 110 Å². The molecule has 1 aliphatic rings. The predicted octanol–water partition coefficient (Wildman–Crippen LogP) is 2.07. The summed E-state index contributed by atoms with van der Waals surface area (Å²) in [4.78, 5) is 12.7. The van der Waals surface area contributed by atoms with Gasteiger partial charge in [0.15, 0.2) is 0 Å². The van der Waals surface area contributed by atoms with Crippen LogP contribution < -0.4 is 0 Å². The number of fused-ring (bicyclic) bond motifs is 3. The summed E-state index contributed by atoms with van der Waals surface area (Å²) in [6, 6.07) is 7.09. The minimum absolute atomic E-state index is 0.147. The highest BCUT2D eigenvalue weighted by molar-refractivity contribution is 5.82. The number of halogens is 1. The van der Waals surface area contributed by atoms with Crippen molar-refractivity contribution < 1.29 is 14.3 Å². The quantitative estimate of drug-likeness (QED) is 0.921. The van der Waals surface area contributed by atoms with E-state index < -0.39 is 5.97 Å². The van der Waals surface area contributed by atoms with E-state index in [0.29, 0.717) is 25.2 Å². The lowest BCUT2D eigenvalue weighted by molar-refractivity contribution is -0.137. The van der Waals surface area contributed by atoms with E-state index in [9.17, 15) is 9.18 Å². The number of para-hydroxylation sites is 1. The second-order valence-electron chi connectivity index (χ2n) is 4.88. The molecule has 1 aromatic heterocycles. The summed E-state index contributed by atoms with van der Waals surface area (Å²) in [6.07, 6.45) is 0.147. The summed E-state index contributed by atoms with van der Waals surface area (Å²) < 4.78 is 15.8. The third-order valence-corrected chi connectivity index (χ3v) is 3.62. The molecule has 0 unspecified atom stereocenters. The number of nitrogens with zero attached hydrogens (tertiary/aromatic N) is 2. The van der Waals surface area contributed by atoms with E-state index in [1.165, 1.54) is 6.07 Å². The first-order chi connectivity index (χ1) is 9.15. The maximum Gasteiger partial charge on any atom is 0.304 e. The summed E-state index contributed by atoms with van der Waals surface area (Å²) in [5.41, 5.74) is 1.71. The first kappa shape index (κ1) is 12.2. The van der Waals surface area contributed by atoms with Crippen LogP contribution in [0.5, 0.6) is 0 Å². The maximum absolute atomic E-state index is 13.8. The molecular weight excluding hydrogens is 247 g/mol. The highest BCUT2D eigenvalue weighted by Crippen LogP contribution is 2.26. The molecule has 0 spiro atoms. The Morgan fingerprint density at radius 3 is 3.00 bits per heavy atom. The normalized spacial score (nSPS) is 15.6. The van der Waals surface area contributed by atoms with Gasteiger partial charge in [0.2, 0.25) is 0 Å². The summed E-state index contributed by atoms with van der Waals surface area (Å²) in [5, 5.41) is 9.62. The average molecular weight is 262 g/mol. The Kier molecular flexibility index (Phi) is 2.98. The summed E-state index contributed by atoms with van der Waals surface area (Å²) in [7, 11) is 0. The van der Waals surface area contributed by atoms with E-state index in [1.54, 1.807) is 6.07 Å². The SMILES string of the molecule is O=C(O)CCN1CCn2c(cc3cccc(F)c32)C1. The first-order valence-electron chi connectivity index (χ1n) is 6.36. The van der Waals surface area contributed by atoms with Crippen LogP contribution in [0.2, 0.25) is 0 Å². The van der Waals surface area contributed by atoms with Crippen molar-refractivity contribution in [3.8, 4) is 0 Å². The molecular formula is C14H15FN2O2. The van der Waals surface area contributed by atoms with Crippen molar-refractivity contribution in [2.45, 2.75) is 19.5 Å². The first-order valence-corrected chi connectivity index (χ1v) is 6.36. The number of carboxylic acids is 1. The van der Waals surface area contributed by atoms with Gasteiger partial charge in [0.25, 0.3) is 0 Å². The number of hydrogen-bond acceptors (Lipinski definition) is 2. The van der Waals surface area contributed by atoms with Gasteiger partial charge >= 0.3 is 5.97 Å². The number of rotatable bonds is 3. The molecule has 0 radical (unpaired) electrons. The van der Waals surface area contributed by atoms with Crippen LogP contribution in [0, 0.1) is 5.82 Å². The molecule has 0 amide bonds. The van der Waals surface area contributed by atoms with Crippen LogP contribution in [0.15, 0.2) is 24.3 Å². The second-order valence-corrected chi connectivity index (χ2v) is 4.88. The molecule has 1 N–H and O–H groups in total. The van der Waals surface area contributed by atoms with Gasteiger partial charge in [-0.15, -0.1) is 0 Å². The third kappa shape index (κ3) is 2.21. The fourth-order valence-corrected chi connectivity index (χ4v) is 2.71. The van der Waals surface area contributed by atoms with Gasteiger partial charge in [-0.2, -0.15) is 0 Å². The van der Waals surface area contributed by atoms with Crippen LogP contribution in [0.25, 0.3) is 10.9 Å². The van der Waals surface area contributed by atoms with E-state index in [2.05, 4.69) is 4.90 Å². The van der Waals surface area contributed by atoms with Crippen LogP contribution in [0.1, 0.15) is 12.1 Å². The van der Waals surface area contributed by atoms with Gasteiger partial charge in [-0.3, -0.25) is 9.69 Å². The Morgan fingerprint density at radius 1 is 1.37 bits per heavy atom. The van der Waals surface area contributed by atoms with Gasteiger partial charge in [-0.25, -0.2) is 4.39 Å². The Morgan fingerprint density at radius 2 is 2.21 bits per heavy atom. The summed E-state index contributed by atoms with van der Waals surface area (Å²) in [5.74, 6) is -0.972. The molecule has 0 atom stereocenters. The maximum atomic E-state index is 13.8. The van der Waals surface area contributed by atoms with Crippen LogP contribution in [-0.2, 0) is 17.9 Å². The lowest BCUT2D eigenvalue weighted by Crippen LogP contribution is -2.34. The highest BCUT2D eigenvalue weighted by atomic mass is 19.1. The molecule has 2 aromatic rings. The number of aliphatic carboxylic acids is 1. The van der Waals surface area contributed by atoms with Crippen molar-refractivity contribution >= 4 is 16.9 Å². The van der Waals surface area contributed by atoms with E-state index in [4.69, 9.17) is 5.11 Å². The highest BCUT2D eigenvalue weighted by Gasteiger charge is 2.20. The molecule has 0 saturated carbocycles. The number of carboxylic acid groups (broad SMARTS) is 1. The van der Waals surface area contributed by atoms with Gasteiger partial charge in [-0.05, 0) is 12.1 Å². The molecule has 100 valence electrons. The molecule has 0 fully saturated rings. The zero-order valence-electron chi connectivity index (χ0n) is 10.5. The zero-order chi connectivity index (χ0) is 13.4. The van der Waals surface area contributed by atoms with Gasteiger partial charge in [-0.1, -0.05) is 12.1 Å². The number of hydrogen-bond donors (Lipinski definition) is 1. The smallest absolute Gasteiger partial charge is 0.304 e. The molecule has 4 nitrogen and oxygen atoms in total. The number of benzene rings is 1. The van der Waals surface area contributed by atoms with Crippen LogP contribution >= 0.6 is 0 Å². The Balaban J connectivity index is 1.88. The lowest BCUT2D eigenvalue weighted by Gasteiger charge is -2.28. The molecule has 5 heteroatoms. The van der Waals surface area contributed by atoms with E-state index >= 15 is 0 Å². The van der Waals surface area contributed by atoms with Gasteiger partial charge < -0.3 is 9.67 Å². The largest absolute Gasteiger partial charge is 0.481 e. The van der Waals surface area contributed by atoms with Crippen molar-refractivity contribution in [3.63, 3.8) is 0 Å². The minimum Gasteiger partial charge on any atom is -0.481 e. The van der Waals surface area contributed by atoms with Crippen LogP contribution in [0.3, 0.4) is 0 Å². The number of aromatic nitrogens is 1. The van der Waals surface area contributed by atoms with Crippen molar-refractivity contribution in [2.24, 2.45) is 0 Å². The van der Waals surface area contributed by atoms with Gasteiger partial charge in [0, 0.05) is 37.3 Å². The topological polar surface area (TPSA) is 45.5 Å². The van der Waals surface area contributed by atoms with Gasteiger partial charge in [0.1, 0.15) is 5.82 Å². The monoisotopic (exact) mass is 262 g/mol. The Hall–Kier alpha value is -1.88. The average Bonchev–Trinajstić information content (AvgIpc) is 2.75. The summed E-state index contributed by atoms with van der Waals surface area (Å²) >= 11 is 0. The van der Waals surface area contributed by atoms with Crippen LogP contribution in [0.4, 0.5) is 4.39 Å². The van der Waals surface area contributed by atoms with E-state index in [0.717, 1.165) is 17.6 Å². The number of carbonyl (C=O) groups is 1. The molecule has 1 aromatic carbocycles. The third-order valence-electron chi connectivity index (χ3n) is 3.62. The molecule has 3 rings (SSSR count). The van der Waals surface area contributed by atoms with Gasteiger partial charge in [0.05, 0.1) is 11.9 Å². The van der Waals surface area contributed by atoms with Crippen LogP contribution in [-0.4, -0.2) is 33.6 Å². The lowest BCUT2D eigenvalue weighted by atomic mass is 10.2. The fourth-order valence-electron chi connectivity index (χ4n) is 2.71. The molecule has 19 heavy (non-hydrogen) atoms.